The third kappa shape index (κ3) is 3.57. The van der Waals surface area contributed by atoms with Crippen LogP contribution in [0.15, 0.2) is 0 Å². The lowest BCUT2D eigenvalue weighted by molar-refractivity contribution is -0.127. The number of nitrogen functional groups attached to an aromatic ring is 1. The van der Waals surface area contributed by atoms with Crippen molar-refractivity contribution in [1.29, 1.82) is 0 Å². The van der Waals surface area contributed by atoms with Crippen LogP contribution in [0.4, 0.5) is 10.8 Å². The first kappa shape index (κ1) is 15.2. The highest BCUT2D eigenvalue weighted by Crippen LogP contribution is 2.30. The van der Waals surface area contributed by atoms with Gasteiger partial charge < -0.3 is 21.3 Å². The van der Waals surface area contributed by atoms with E-state index >= 15 is 0 Å². The molecule has 0 bridgehead atoms. The van der Waals surface area contributed by atoms with Crippen LogP contribution >= 0.6 is 11.5 Å². The van der Waals surface area contributed by atoms with E-state index < -0.39 is 5.91 Å². The summed E-state index contributed by atoms with van der Waals surface area (Å²) < 4.78 is 3.95. The predicted molar refractivity (Wildman–Crippen MR) is 76.2 cm³/mol. The number of hydrogen-bond acceptors (Lipinski definition) is 6. The van der Waals surface area contributed by atoms with Crippen LogP contribution in [0.25, 0.3) is 0 Å². The minimum absolute atomic E-state index is 0.0594. The van der Waals surface area contributed by atoms with Gasteiger partial charge in [0.1, 0.15) is 10.6 Å². The van der Waals surface area contributed by atoms with Gasteiger partial charge in [-0.15, -0.1) is 0 Å². The van der Waals surface area contributed by atoms with E-state index in [2.05, 4.69) is 4.37 Å². The van der Waals surface area contributed by atoms with Gasteiger partial charge in [-0.05, 0) is 18.0 Å². The summed E-state index contributed by atoms with van der Waals surface area (Å²) in [6, 6.07) is 0. The third-order valence-electron chi connectivity index (χ3n) is 2.55. The first-order valence-corrected chi connectivity index (χ1v) is 6.65. The number of primary amides is 1. The van der Waals surface area contributed by atoms with Crippen molar-refractivity contribution in [3.63, 3.8) is 0 Å². The van der Waals surface area contributed by atoms with Crippen molar-refractivity contribution in [2.75, 3.05) is 37.8 Å². The zero-order chi connectivity index (χ0) is 14.6. The summed E-state index contributed by atoms with van der Waals surface area (Å²) >= 11 is 1.09. The zero-order valence-electron chi connectivity index (χ0n) is 11.3. The molecule has 19 heavy (non-hydrogen) atoms. The summed E-state index contributed by atoms with van der Waals surface area (Å²) in [6.07, 6.45) is 0.830. The van der Waals surface area contributed by atoms with E-state index in [1.807, 2.05) is 6.92 Å². The van der Waals surface area contributed by atoms with Crippen molar-refractivity contribution < 1.29 is 9.59 Å². The molecule has 2 amide bonds. The Hall–Kier alpha value is -1.83. The average Bonchev–Trinajstić information content (AvgIpc) is 2.70. The van der Waals surface area contributed by atoms with E-state index in [1.54, 1.807) is 19.0 Å². The van der Waals surface area contributed by atoms with E-state index in [0.29, 0.717) is 11.5 Å². The first-order valence-electron chi connectivity index (χ1n) is 5.88. The Morgan fingerprint density at radius 2 is 2.00 bits per heavy atom. The maximum absolute atomic E-state index is 11.8. The number of amides is 2. The normalized spacial score (nSPS) is 10.3. The molecule has 0 saturated carbocycles. The standard InChI is InChI=1S/C11H19N5O2S/c1-4-5-16(6-7(17)15(2)3)11-8(10(13)18)9(12)14-19-11/h4-6H2,1-3H3,(H2,12,14)(H2,13,18). The Kier molecular flexibility index (Phi) is 5.11. The molecule has 0 unspecified atom stereocenters. The number of likely N-dealkylation sites (N-methyl/N-ethyl adjacent to an activating group) is 1. The summed E-state index contributed by atoms with van der Waals surface area (Å²) in [5.74, 6) is -0.568. The van der Waals surface area contributed by atoms with Gasteiger partial charge in [0.05, 0.1) is 6.54 Å². The van der Waals surface area contributed by atoms with Crippen molar-refractivity contribution >= 4 is 34.2 Å². The smallest absolute Gasteiger partial charge is 0.255 e. The van der Waals surface area contributed by atoms with Crippen molar-refractivity contribution in [3.8, 4) is 0 Å². The summed E-state index contributed by atoms with van der Waals surface area (Å²) in [5.41, 5.74) is 11.2. The molecular formula is C11H19N5O2S. The molecule has 0 saturated heterocycles. The van der Waals surface area contributed by atoms with Gasteiger partial charge in [-0.3, -0.25) is 9.59 Å². The van der Waals surface area contributed by atoms with E-state index in [0.717, 1.165) is 18.0 Å². The van der Waals surface area contributed by atoms with Gasteiger partial charge in [-0.25, -0.2) is 0 Å². The minimum Gasteiger partial charge on any atom is -0.382 e. The molecule has 0 spiro atoms. The summed E-state index contributed by atoms with van der Waals surface area (Å²) in [7, 11) is 3.37. The van der Waals surface area contributed by atoms with Crippen LogP contribution < -0.4 is 16.4 Å². The number of hydrogen-bond donors (Lipinski definition) is 2. The van der Waals surface area contributed by atoms with Gasteiger partial charge in [0.15, 0.2) is 5.82 Å². The lowest BCUT2D eigenvalue weighted by Gasteiger charge is -2.24. The van der Waals surface area contributed by atoms with Crippen molar-refractivity contribution in [2.24, 2.45) is 5.73 Å². The summed E-state index contributed by atoms with van der Waals surface area (Å²) in [5, 5.41) is 0.557. The van der Waals surface area contributed by atoms with Crippen LogP contribution in [-0.4, -0.2) is 48.3 Å². The number of carbonyl (C=O) groups excluding carboxylic acids is 2. The molecule has 4 N–H and O–H groups in total. The summed E-state index contributed by atoms with van der Waals surface area (Å²) in [4.78, 5) is 26.5. The van der Waals surface area contributed by atoms with Crippen LogP contribution in [0.3, 0.4) is 0 Å². The molecule has 1 heterocycles. The van der Waals surface area contributed by atoms with Crippen LogP contribution in [0.2, 0.25) is 0 Å². The van der Waals surface area contributed by atoms with Crippen LogP contribution in [0.1, 0.15) is 23.7 Å². The topological polar surface area (TPSA) is 106 Å². The molecule has 1 rings (SSSR count). The second-order valence-corrected chi connectivity index (χ2v) is 5.07. The molecule has 0 aromatic carbocycles. The summed E-state index contributed by atoms with van der Waals surface area (Å²) in [6.45, 7) is 2.78. The van der Waals surface area contributed by atoms with E-state index in [9.17, 15) is 9.59 Å². The number of carbonyl (C=O) groups is 2. The SMILES string of the molecule is CCCN(CC(=O)N(C)C)c1snc(N)c1C(N)=O. The van der Waals surface area contributed by atoms with Crippen LogP contribution in [0.5, 0.6) is 0 Å². The molecule has 0 aliphatic rings. The Labute approximate surface area is 116 Å². The van der Waals surface area contributed by atoms with E-state index in [-0.39, 0.29) is 23.8 Å². The highest BCUT2D eigenvalue weighted by Gasteiger charge is 2.23. The molecule has 1 aromatic heterocycles. The van der Waals surface area contributed by atoms with E-state index in [4.69, 9.17) is 11.5 Å². The monoisotopic (exact) mass is 285 g/mol. The fourth-order valence-electron chi connectivity index (χ4n) is 1.57. The molecular weight excluding hydrogens is 266 g/mol. The van der Waals surface area contributed by atoms with Gasteiger partial charge in [-0.1, -0.05) is 6.92 Å². The fraction of sp³-hybridized carbons (Fsp3) is 0.545. The Balaban J connectivity index is 3.05. The Morgan fingerprint density at radius 1 is 1.37 bits per heavy atom. The second-order valence-electron chi connectivity index (χ2n) is 4.32. The van der Waals surface area contributed by atoms with Crippen molar-refractivity contribution in [1.82, 2.24) is 9.27 Å². The quantitative estimate of drug-likeness (QED) is 0.772. The van der Waals surface area contributed by atoms with Gasteiger partial charge in [0.25, 0.3) is 5.91 Å². The van der Waals surface area contributed by atoms with Crippen LogP contribution in [-0.2, 0) is 4.79 Å². The maximum atomic E-state index is 11.8. The van der Waals surface area contributed by atoms with Gasteiger partial charge in [0.2, 0.25) is 5.91 Å². The molecule has 8 heteroatoms. The number of rotatable bonds is 6. The second kappa shape index (κ2) is 6.37. The lowest BCUT2D eigenvalue weighted by atomic mass is 10.2. The first-order chi connectivity index (χ1) is 8.88. The maximum Gasteiger partial charge on any atom is 0.255 e. The molecule has 0 radical (unpaired) electrons. The fourth-order valence-corrected chi connectivity index (χ4v) is 2.41. The highest BCUT2D eigenvalue weighted by atomic mass is 32.1. The van der Waals surface area contributed by atoms with E-state index in [1.165, 1.54) is 4.90 Å². The Bertz CT molecular complexity index is 472. The van der Waals surface area contributed by atoms with Gasteiger partial charge in [0, 0.05) is 20.6 Å². The Morgan fingerprint density at radius 3 is 2.47 bits per heavy atom. The van der Waals surface area contributed by atoms with Crippen LogP contribution in [0, 0.1) is 0 Å². The molecule has 1 aromatic rings. The predicted octanol–water partition coefficient (Wildman–Crippen LogP) is 0.129. The average molecular weight is 285 g/mol. The molecule has 7 nitrogen and oxygen atoms in total. The van der Waals surface area contributed by atoms with Gasteiger partial charge in [-0.2, -0.15) is 4.37 Å². The molecule has 0 atom stereocenters. The molecule has 0 fully saturated rings. The number of anilines is 2. The van der Waals surface area contributed by atoms with Crippen molar-refractivity contribution in [2.45, 2.75) is 13.3 Å². The number of aromatic nitrogens is 1. The molecule has 106 valence electrons. The van der Waals surface area contributed by atoms with Crippen molar-refractivity contribution in [3.05, 3.63) is 5.56 Å². The highest BCUT2D eigenvalue weighted by molar-refractivity contribution is 7.11. The lowest BCUT2D eigenvalue weighted by Crippen LogP contribution is -2.37. The zero-order valence-corrected chi connectivity index (χ0v) is 12.2. The number of nitrogens with zero attached hydrogens (tertiary/aromatic N) is 3. The number of nitrogens with two attached hydrogens (primary N) is 2. The largest absolute Gasteiger partial charge is 0.382 e. The molecule has 0 aliphatic carbocycles. The minimum atomic E-state index is -0.625. The molecule has 0 aliphatic heterocycles. The van der Waals surface area contributed by atoms with Gasteiger partial charge >= 0.3 is 0 Å². The third-order valence-corrected chi connectivity index (χ3v) is 3.48.